The van der Waals surface area contributed by atoms with Crippen molar-refractivity contribution in [2.75, 3.05) is 19.6 Å². The molecular weight excluding hydrogens is 200 g/mol. The van der Waals surface area contributed by atoms with E-state index >= 15 is 0 Å². The molecule has 0 aliphatic carbocycles. The Morgan fingerprint density at radius 2 is 2.31 bits per heavy atom. The normalized spacial score (nSPS) is 20.1. The zero-order valence-electron chi connectivity index (χ0n) is 10.5. The van der Waals surface area contributed by atoms with Crippen LogP contribution in [0.25, 0.3) is 0 Å². The summed E-state index contributed by atoms with van der Waals surface area (Å²) in [6.07, 6.45) is 2.42. The van der Waals surface area contributed by atoms with E-state index in [1.165, 1.54) is 12.8 Å². The quantitative estimate of drug-likeness (QED) is 0.729. The summed E-state index contributed by atoms with van der Waals surface area (Å²) in [5.41, 5.74) is 0. The highest BCUT2D eigenvalue weighted by molar-refractivity contribution is 5.93. The average Bonchev–Trinajstić information content (AvgIpc) is 2.27. The van der Waals surface area contributed by atoms with E-state index in [4.69, 9.17) is 0 Å². The van der Waals surface area contributed by atoms with E-state index in [-0.39, 0.29) is 11.9 Å². The van der Waals surface area contributed by atoms with Crippen LogP contribution < -0.4 is 5.32 Å². The highest BCUT2D eigenvalue weighted by Gasteiger charge is 2.21. The molecule has 1 atom stereocenters. The topological polar surface area (TPSA) is 32.3 Å². The number of piperidine rings is 1. The Hall–Kier alpha value is -1.01. The third kappa shape index (κ3) is 3.86. The third-order valence-corrected chi connectivity index (χ3v) is 2.97. The summed E-state index contributed by atoms with van der Waals surface area (Å²) in [4.78, 5) is 13.7. The summed E-state index contributed by atoms with van der Waals surface area (Å²) in [7, 11) is 0. The number of hydrogen-bond acceptors (Lipinski definition) is 2. The van der Waals surface area contributed by atoms with Crippen molar-refractivity contribution in [1.82, 2.24) is 10.2 Å². The molecule has 0 aromatic heterocycles. The van der Waals surface area contributed by atoms with Crippen LogP contribution in [0.15, 0.2) is 0 Å². The molecule has 0 aromatic rings. The van der Waals surface area contributed by atoms with Crippen molar-refractivity contribution in [3.05, 3.63) is 0 Å². The monoisotopic (exact) mass is 222 g/mol. The minimum absolute atomic E-state index is 0.0388. The Morgan fingerprint density at radius 3 is 2.81 bits per heavy atom. The molecule has 0 aromatic carbocycles. The van der Waals surface area contributed by atoms with Crippen LogP contribution in [0.4, 0.5) is 0 Å². The number of amides is 1. The van der Waals surface area contributed by atoms with E-state index in [2.05, 4.69) is 17.2 Å². The molecule has 0 radical (unpaired) electrons. The van der Waals surface area contributed by atoms with E-state index in [1.807, 2.05) is 18.7 Å². The van der Waals surface area contributed by atoms with E-state index in [9.17, 15) is 4.79 Å². The molecule has 1 unspecified atom stereocenters. The lowest BCUT2D eigenvalue weighted by atomic mass is 9.98. The number of carbonyl (C=O) groups is 1. The van der Waals surface area contributed by atoms with Crippen molar-refractivity contribution in [3.8, 4) is 11.8 Å². The summed E-state index contributed by atoms with van der Waals surface area (Å²) in [5, 5.41) is 3.38. The zero-order valence-corrected chi connectivity index (χ0v) is 10.5. The predicted octanol–water partition coefficient (Wildman–Crippen LogP) is 1.25. The molecule has 1 heterocycles. The molecule has 1 saturated heterocycles. The second kappa shape index (κ2) is 6.55. The molecule has 1 aliphatic heterocycles. The highest BCUT2D eigenvalue weighted by Crippen LogP contribution is 2.13. The van der Waals surface area contributed by atoms with Gasteiger partial charge in [0.1, 0.15) is 0 Å². The maximum Gasteiger partial charge on any atom is 0.298 e. The second-order valence-corrected chi connectivity index (χ2v) is 4.64. The van der Waals surface area contributed by atoms with E-state index in [1.54, 1.807) is 6.92 Å². The van der Waals surface area contributed by atoms with Crippen LogP contribution in [0.2, 0.25) is 0 Å². The first kappa shape index (κ1) is 13.1. The van der Waals surface area contributed by atoms with Gasteiger partial charge in [0, 0.05) is 12.6 Å². The lowest BCUT2D eigenvalue weighted by molar-refractivity contribution is -0.127. The lowest BCUT2D eigenvalue weighted by Gasteiger charge is -2.31. The van der Waals surface area contributed by atoms with Gasteiger partial charge in [-0.1, -0.05) is 5.92 Å². The first-order valence-corrected chi connectivity index (χ1v) is 6.09. The largest absolute Gasteiger partial charge is 0.329 e. The summed E-state index contributed by atoms with van der Waals surface area (Å²) in [5.74, 6) is 5.86. The van der Waals surface area contributed by atoms with Gasteiger partial charge in [-0.25, -0.2) is 0 Å². The summed E-state index contributed by atoms with van der Waals surface area (Å²) in [6.45, 7) is 8.77. The van der Waals surface area contributed by atoms with Gasteiger partial charge >= 0.3 is 0 Å². The van der Waals surface area contributed by atoms with Crippen molar-refractivity contribution in [3.63, 3.8) is 0 Å². The van der Waals surface area contributed by atoms with Gasteiger partial charge < -0.3 is 10.2 Å². The van der Waals surface area contributed by atoms with Crippen LogP contribution in [-0.4, -0.2) is 36.5 Å². The van der Waals surface area contributed by atoms with Crippen LogP contribution >= 0.6 is 0 Å². The van der Waals surface area contributed by atoms with Gasteiger partial charge in [-0.15, -0.1) is 0 Å². The Kier molecular flexibility index (Phi) is 5.34. The average molecular weight is 222 g/mol. The van der Waals surface area contributed by atoms with Crippen molar-refractivity contribution >= 4 is 5.91 Å². The van der Waals surface area contributed by atoms with Crippen molar-refractivity contribution in [1.29, 1.82) is 0 Å². The molecule has 0 bridgehead atoms. The SMILES string of the molecule is CC#CC(=O)N(CC1CCCNC1)C(C)C. The Morgan fingerprint density at radius 1 is 1.56 bits per heavy atom. The van der Waals surface area contributed by atoms with Gasteiger partial charge in [-0.3, -0.25) is 4.79 Å². The smallest absolute Gasteiger partial charge is 0.298 e. The van der Waals surface area contributed by atoms with Crippen molar-refractivity contribution in [2.45, 2.75) is 39.7 Å². The van der Waals surface area contributed by atoms with Crippen LogP contribution in [0.1, 0.15) is 33.6 Å². The van der Waals surface area contributed by atoms with Gasteiger partial charge in [0.15, 0.2) is 0 Å². The first-order chi connectivity index (χ1) is 7.65. The van der Waals surface area contributed by atoms with E-state index < -0.39 is 0 Å². The predicted molar refractivity (Wildman–Crippen MR) is 65.9 cm³/mol. The summed E-state index contributed by atoms with van der Waals surface area (Å²) < 4.78 is 0. The Labute approximate surface area is 98.6 Å². The molecule has 3 nitrogen and oxygen atoms in total. The maximum absolute atomic E-state index is 11.8. The fourth-order valence-electron chi connectivity index (χ4n) is 2.06. The lowest BCUT2D eigenvalue weighted by Crippen LogP contribution is -2.43. The standard InChI is InChI=1S/C13H22N2O/c1-4-6-13(16)15(11(2)3)10-12-7-5-8-14-9-12/h11-12,14H,5,7-10H2,1-3H3. The highest BCUT2D eigenvalue weighted by atomic mass is 16.2. The molecule has 1 aliphatic rings. The van der Waals surface area contributed by atoms with Crippen LogP contribution in [-0.2, 0) is 4.79 Å². The molecule has 16 heavy (non-hydrogen) atoms. The second-order valence-electron chi connectivity index (χ2n) is 4.64. The van der Waals surface area contributed by atoms with Gasteiger partial charge in [-0.2, -0.15) is 0 Å². The molecule has 90 valence electrons. The minimum Gasteiger partial charge on any atom is -0.329 e. The van der Waals surface area contributed by atoms with E-state index in [0.29, 0.717) is 5.92 Å². The van der Waals surface area contributed by atoms with Crippen LogP contribution in [0, 0.1) is 17.8 Å². The van der Waals surface area contributed by atoms with Gasteiger partial charge in [0.25, 0.3) is 5.91 Å². The Balaban J connectivity index is 2.55. The maximum atomic E-state index is 11.8. The molecule has 1 fully saturated rings. The molecule has 0 spiro atoms. The third-order valence-electron chi connectivity index (χ3n) is 2.97. The Bertz CT molecular complexity index is 282. The van der Waals surface area contributed by atoms with Gasteiger partial charge in [-0.05, 0) is 58.5 Å². The molecule has 1 rings (SSSR count). The van der Waals surface area contributed by atoms with Gasteiger partial charge in [0.2, 0.25) is 0 Å². The molecule has 0 saturated carbocycles. The fourth-order valence-corrected chi connectivity index (χ4v) is 2.06. The van der Waals surface area contributed by atoms with Crippen LogP contribution in [0.3, 0.4) is 0 Å². The number of rotatable bonds is 3. The summed E-state index contributed by atoms with van der Waals surface area (Å²) in [6, 6.07) is 0.232. The first-order valence-electron chi connectivity index (χ1n) is 6.09. The number of carbonyl (C=O) groups excluding carboxylic acids is 1. The van der Waals surface area contributed by atoms with Crippen LogP contribution in [0.5, 0.6) is 0 Å². The molecule has 3 heteroatoms. The summed E-state index contributed by atoms with van der Waals surface area (Å²) >= 11 is 0. The minimum atomic E-state index is -0.0388. The zero-order chi connectivity index (χ0) is 12.0. The van der Waals surface area contributed by atoms with Gasteiger partial charge in [0.05, 0.1) is 0 Å². The molecule has 1 amide bonds. The van der Waals surface area contributed by atoms with E-state index in [0.717, 1.165) is 19.6 Å². The number of nitrogens with one attached hydrogen (secondary N) is 1. The van der Waals surface area contributed by atoms with Crippen molar-refractivity contribution in [2.24, 2.45) is 5.92 Å². The number of hydrogen-bond donors (Lipinski definition) is 1. The molecule has 1 N–H and O–H groups in total. The van der Waals surface area contributed by atoms with Crippen molar-refractivity contribution < 1.29 is 4.79 Å². The number of nitrogens with zero attached hydrogens (tertiary/aromatic N) is 1. The fraction of sp³-hybridized carbons (Fsp3) is 0.769. The molecular formula is C13H22N2O.